The molecule has 0 radical (unpaired) electrons. The van der Waals surface area contributed by atoms with E-state index in [9.17, 15) is 27.8 Å². The third kappa shape index (κ3) is 2.55. The van der Waals surface area contributed by atoms with Gasteiger partial charge in [-0.05, 0) is 30.3 Å². The van der Waals surface area contributed by atoms with Crippen LogP contribution in [0.3, 0.4) is 0 Å². The van der Waals surface area contributed by atoms with Gasteiger partial charge in [-0.1, -0.05) is 0 Å². The third-order valence-corrected chi connectivity index (χ3v) is 5.91. The number of nitrogens with one attached hydrogen (secondary N) is 1. The Labute approximate surface area is 152 Å². The van der Waals surface area contributed by atoms with E-state index in [4.69, 9.17) is 0 Å². The predicted octanol–water partition coefficient (Wildman–Crippen LogP) is 2.29. The van der Waals surface area contributed by atoms with Gasteiger partial charge < -0.3 is 20.1 Å². The maximum atomic E-state index is 13.6. The van der Waals surface area contributed by atoms with Crippen LogP contribution < -0.4 is 10.9 Å². The molecule has 0 spiro atoms. The Morgan fingerprint density at radius 1 is 1.11 bits per heavy atom. The van der Waals surface area contributed by atoms with E-state index >= 15 is 0 Å². The van der Waals surface area contributed by atoms with Crippen LogP contribution in [0, 0.1) is 5.82 Å². The maximum absolute atomic E-state index is 13.6. The highest BCUT2D eigenvalue weighted by molar-refractivity contribution is 7.94. The zero-order valence-corrected chi connectivity index (χ0v) is 14.7. The second-order valence-electron chi connectivity index (χ2n) is 6.13. The lowest BCUT2D eigenvalue weighted by atomic mass is 10.1. The van der Waals surface area contributed by atoms with Gasteiger partial charge in [0.1, 0.15) is 22.9 Å². The Hall–Kier alpha value is -3.33. The van der Waals surface area contributed by atoms with Gasteiger partial charge in [-0.2, -0.15) is 0 Å². The minimum Gasteiger partial charge on any atom is -0.508 e. The first-order valence-corrected chi connectivity index (χ1v) is 9.32. The summed E-state index contributed by atoms with van der Waals surface area (Å²) in [6.07, 6.45) is 0. The number of phenols is 1. The molecule has 3 N–H and O–H groups in total. The zero-order valence-electron chi connectivity index (χ0n) is 13.9. The van der Waals surface area contributed by atoms with Crippen LogP contribution in [0.5, 0.6) is 11.5 Å². The third-order valence-electron chi connectivity index (χ3n) is 4.41. The van der Waals surface area contributed by atoms with Crippen LogP contribution in [-0.4, -0.2) is 23.2 Å². The number of aromatic hydroxyl groups is 2. The fourth-order valence-electron chi connectivity index (χ4n) is 3.11. The fraction of sp³-hybridized carbons (Fsp3) is 0.0556. The number of aromatic nitrogens is 1. The summed E-state index contributed by atoms with van der Waals surface area (Å²) in [5.41, 5.74) is -0.642. The predicted molar refractivity (Wildman–Crippen MR) is 97.7 cm³/mol. The minimum atomic E-state index is -3.99. The number of hydrogen-bond acceptors (Lipinski definition) is 6. The summed E-state index contributed by atoms with van der Waals surface area (Å²) >= 11 is 0. The van der Waals surface area contributed by atoms with Crippen molar-refractivity contribution in [3.63, 3.8) is 0 Å². The normalized spacial score (nSPS) is 15.1. The van der Waals surface area contributed by atoms with E-state index in [1.54, 1.807) is 0 Å². The maximum Gasteiger partial charge on any atom is 0.263 e. The van der Waals surface area contributed by atoms with Gasteiger partial charge in [-0.25, -0.2) is 12.8 Å². The second kappa shape index (κ2) is 5.58. The average molecular weight is 388 g/mol. The number of aryl methyl sites for hydroxylation is 1. The molecule has 2 heterocycles. The molecule has 0 saturated carbocycles. The molecule has 0 bridgehead atoms. The molecule has 27 heavy (non-hydrogen) atoms. The standard InChI is InChI=1S/C18H13FN2O5S/c1-21-14-5-2-9(19)6-11(14)17(23)16(18(21)24)13-8-27(25,26)15-7-10(22)3-4-12(15)20-13/h2-8,20,22-23H,1H3. The topological polar surface area (TPSA) is 109 Å². The van der Waals surface area contributed by atoms with Crippen molar-refractivity contribution >= 4 is 32.1 Å². The highest BCUT2D eigenvalue weighted by Crippen LogP contribution is 2.38. The molecule has 0 amide bonds. The molecule has 2 aromatic carbocycles. The number of hydrogen-bond donors (Lipinski definition) is 3. The van der Waals surface area contributed by atoms with Crippen molar-refractivity contribution in [1.29, 1.82) is 0 Å². The molecule has 0 fully saturated rings. The Morgan fingerprint density at radius 3 is 2.59 bits per heavy atom. The molecule has 3 aromatic rings. The molecule has 7 nitrogen and oxygen atoms in total. The Balaban J connectivity index is 2.03. The number of nitrogens with zero attached hydrogens (tertiary/aromatic N) is 1. The lowest BCUT2D eigenvalue weighted by molar-refractivity contribution is 0.473. The van der Waals surface area contributed by atoms with Crippen LogP contribution in [0.15, 0.2) is 51.5 Å². The number of pyridine rings is 1. The number of phenolic OH excluding ortho intramolecular Hbond substituents is 1. The lowest BCUT2D eigenvalue weighted by Crippen LogP contribution is -2.25. The van der Waals surface area contributed by atoms with Crippen LogP contribution in [0.4, 0.5) is 10.1 Å². The van der Waals surface area contributed by atoms with Gasteiger partial charge in [0.2, 0.25) is 9.84 Å². The van der Waals surface area contributed by atoms with Crippen molar-refractivity contribution in [3.05, 3.63) is 63.5 Å². The van der Waals surface area contributed by atoms with E-state index in [-0.39, 0.29) is 33.0 Å². The zero-order chi connectivity index (χ0) is 19.5. The monoisotopic (exact) mass is 388 g/mol. The first kappa shape index (κ1) is 17.1. The van der Waals surface area contributed by atoms with Gasteiger partial charge in [0.15, 0.2) is 0 Å². The van der Waals surface area contributed by atoms with Crippen molar-refractivity contribution in [2.45, 2.75) is 4.90 Å². The number of sulfone groups is 1. The SMILES string of the molecule is Cn1c(=O)c(C2=CS(=O)(=O)c3cc(O)ccc3N2)c(O)c2cc(F)ccc21. The molecule has 0 atom stereocenters. The van der Waals surface area contributed by atoms with Gasteiger partial charge in [0.25, 0.3) is 5.56 Å². The molecule has 9 heteroatoms. The summed E-state index contributed by atoms with van der Waals surface area (Å²) in [7, 11) is -2.55. The van der Waals surface area contributed by atoms with E-state index in [0.717, 1.165) is 23.6 Å². The molecule has 0 unspecified atom stereocenters. The van der Waals surface area contributed by atoms with Crippen LogP contribution in [0.25, 0.3) is 16.6 Å². The molecule has 1 aromatic heterocycles. The summed E-state index contributed by atoms with van der Waals surface area (Å²) in [6, 6.07) is 7.30. The first-order chi connectivity index (χ1) is 12.7. The second-order valence-corrected chi connectivity index (χ2v) is 7.90. The smallest absolute Gasteiger partial charge is 0.263 e. The summed E-state index contributed by atoms with van der Waals surface area (Å²) in [4.78, 5) is 12.6. The summed E-state index contributed by atoms with van der Waals surface area (Å²) in [6.45, 7) is 0. The van der Waals surface area contributed by atoms with Crippen LogP contribution in [0.2, 0.25) is 0 Å². The molecule has 1 aliphatic rings. The van der Waals surface area contributed by atoms with E-state index in [2.05, 4.69) is 5.32 Å². The van der Waals surface area contributed by atoms with Gasteiger partial charge in [0.05, 0.1) is 27.2 Å². The Morgan fingerprint density at radius 2 is 1.85 bits per heavy atom. The molecule has 4 rings (SSSR count). The highest BCUT2D eigenvalue weighted by atomic mass is 32.2. The fourth-order valence-corrected chi connectivity index (χ4v) is 4.44. The molecular formula is C18H13FN2O5S. The lowest BCUT2D eigenvalue weighted by Gasteiger charge is -2.21. The van der Waals surface area contributed by atoms with Crippen LogP contribution in [0.1, 0.15) is 5.56 Å². The van der Waals surface area contributed by atoms with Crippen molar-refractivity contribution < 1.29 is 23.0 Å². The molecule has 0 aliphatic carbocycles. The highest BCUT2D eigenvalue weighted by Gasteiger charge is 2.28. The van der Waals surface area contributed by atoms with Gasteiger partial charge in [-0.3, -0.25) is 4.79 Å². The van der Waals surface area contributed by atoms with E-state index in [1.807, 2.05) is 0 Å². The summed E-state index contributed by atoms with van der Waals surface area (Å²) in [5.74, 6) is -1.36. The van der Waals surface area contributed by atoms with E-state index in [0.29, 0.717) is 5.52 Å². The van der Waals surface area contributed by atoms with E-state index in [1.165, 1.54) is 29.8 Å². The van der Waals surface area contributed by atoms with Gasteiger partial charge in [0, 0.05) is 18.5 Å². The van der Waals surface area contributed by atoms with Crippen LogP contribution in [-0.2, 0) is 16.9 Å². The van der Waals surface area contributed by atoms with Crippen molar-refractivity contribution in [2.24, 2.45) is 7.05 Å². The summed E-state index contributed by atoms with van der Waals surface area (Å²) in [5, 5.41) is 23.8. The van der Waals surface area contributed by atoms with Crippen molar-refractivity contribution in [1.82, 2.24) is 4.57 Å². The Bertz CT molecular complexity index is 1330. The first-order valence-electron chi connectivity index (χ1n) is 7.77. The number of benzene rings is 2. The molecule has 0 saturated heterocycles. The van der Waals surface area contributed by atoms with Crippen molar-refractivity contribution in [3.8, 4) is 11.5 Å². The quantitative estimate of drug-likeness (QED) is 0.552. The molecular weight excluding hydrogens is 375 g/mol. The minimum absolute atomic E-state index is 0.0729. The average Bonchev–Trinajstić information content (AvgIpc) is 2.60. The largest absolute Gasteiger partial charge is 0.508 e. The summed E-state index contributed by atoms with van der Waals surface area (Å²) < 4.78 is 39.9. The number of halogens is 1. The number of anilines is 1. The number of fused-ring (bicyclic) bond motifs is 2. The van der Waals surface area contributed by atoms with Crippen molar-refractivity contribution in [2.75, 3.05) is 5.32 Å². The van der Waals surface area contributed by atoms with Gasteiger partial charge in [-0.15, -0.1) is 0 Å². The van der Waals surface area contributed by atoms with E-state index < -0.39 is 27.0 Å². The van der Waals surface area contributed by atoms with Crippen LogP contribution >= 0.6 is 0 Å². The number of rotatable bonds is 1. The molecule has 138 valence electrons. The van der Waals surface area contributed by atoms with Gasteiger partial charge >= 0.3 is 0 Å². The molecule has 1 aliphatic heterocycles. The Kier molecular flexibility index (Phi) is 3.54.